The lowest BCUT2D eigenvalue weighted by molar-refractivity contribution is -0.140. The summed E-state index contributed by atoms with van der Waals surface area (Å²) in [4.78, 5) is 74.4. The maximum atomic E-state index is 13.2. The number of nitrogens with two attached hydrogens (primary N) is 1. The van der Waals surface area contributed by atoms with Gasteiger partial charge in [0.15, 0.2) is 0 Å². The van der Waals surface area contributed by atoms with Gasteiger partial charge in [-0.05, 0) is 37.8 Å². The molecule has 1 aliphatic rings. The van der Waals surface area contributed by atoms with Crippen molar-refractivity contribution in [3.8, 4) is 0 Å². The van der Waals surface area contributed by atoms with Gasteiger partial charge in [-0.2, -0.15) is 0 Å². The second-order valence-electron chi connectivity index (χ2n) is 10.5. The topological polar surface area (TPSA) is 198 Å². The van der Waals surface area contributed by atoms with Crippen molar-refractivity contribution < 1.29 is 38.2 Å². The molecule has 1 aromatic rings. The third-order valence-corrected chi connectivity index (χ3v) is 6.53. The number of nitrogens with one attached hydrogen (secondary N) is 4. The van der Waals surface area contributed by atoms with Crippen LogP contribution in [0.4, 0.5) is 15.3 Å². The summed E-state index contributed by atoms with van der Waals surface area (Å²) < 4.78 is 10.5. The molecule has 1 unspecified atom stereocenters. The molecular formula is C28H42N6O8. The van der Waals surface area contributed by atoms with E-state index in [-0.39, 0.29) is 69.4 Å². The third kappa shape index (κ3) is 11.4. The lowest BCUT2D eigenvalue weighted by Gasteiger charge is -2.25. The molecule has 232 valence electrons. The van der Waals surface area contributed by atoms with Crippen molar-refractivity contribution in [2.75, 3.05) is 38.2 Å². The highest BCUT2D eigenvalue weighted by atomic mass is 16.6. The molecule has 1 heterocycles. The van der Waals surface area contributed by atoms with Crippen LogP contribution in [0.25, 0.3) is 0 Å². The van der Waals surface area contributed by atoms with Gasteiger partial charge in [-0.25, -0.2) is 9.59 Å². The Balaban J connectivity index is 1.86. The zero-order valence-electron chi connectivity index (χ0n) is 24.6. The van der Waals surface area contributed by atoms with Gasteiger partial charge >= 0.3 is 12.1 Å². The van der Waals surface area contributed by atoms with Gasteiger partial charge in [-0.1, -0.05) is 38.5 Å². The summed E-state index contributed by atoms with van der Waals surface area (Å²) in [6, 6.07) is 4.50. The average Bonchev–Trinajstić information content (AvgIpc) is 3.17. The van der Waals surface area contributed by atoms with E-state index in [1.54, 1.807) is 32.9 Å². The van der Waals surface area contributed by atoms with Gasteiger partial charge in [-0.15, -0.1) is 0 Å². The van der Waals surface area contributed by atoms with Gasteiger partial charge in [0.05, 0.1) is 19.8 Å². The van der Waals surface area contributed by atoms with Crippen molar-refractivity contribution in [3.63, 3.8) is 0 Å². The molecular weight excluding hydrogens is 548 g/mol. The summed E-state index contributed by atoms with van der Waals surface area (Å²) in [5.41, 5.74) is 6.67. The molecule has 14 nitrogen and oxygen atoms in total. The molecule has 3 atom stereocenters. The fourth-order valence-corrected chi connectivity index (χ4v) is 4.15. The van der Waals surface area contributed by atoms with E-state index < -0.39 is 36.0 Å². The molecule has 1 fully saturated rings. The van der Waals surface area contributed by atoms with Crippen LogP contribution in [0.2, 0.25) is 0 Å². The molecule has 1 aromatic carbocycles. The van der Waals surface area contributed by atoms with Crippen molar-refractivity contribution >= 4 is 41.4 Å². The second-order valence-corrected chi connectivity index (χ2v) is 10.5. The Morgan fingerprint density at radius 2 is 1.71 bits per heavy atom. The normalized spacial score (nSPS) is 16.1. The van der Waals surface area contributed by atoms with E-state index in [1.165, 1.54) is 0 Å². The highest BCUT2D eigenvalue weighted by Crippen LogP contribution is 2.18. The maximum absolute atomic E-state index is 13.2. The Kier molecular flexibility index (Phi) is 13.7. The molecule has 0 saturated carbocycles. The molecule has 2 rings (SSSR count). The first-order valence-corrected chi connectivity index (χ1v) is 14.0. The number of likely N-dealkylation sites (tertiary alicyclic amines) is 1. The van der Waals surface area contributed by atoms with Crippen LogP contribution in [-0.4, -0.2) is 85.6 Å². The van der Waals surface area contributed by atoms with Gasteiger partial charge in [0.1, 0.15) is 18.7 Å². The summed E-state index contributed by atoms with van der Waals surface area (Å²) in [6.07, 6.45) is -0.102. The molecule has 0 bridgehead atoms. The Hall–Kier alpha value is -4.20. The van der Waals surface area contributed by atoms with E-state index in [9.17, 15) is 28.8 Å². The number of benzene rings is 1. The Morgan fingerprint density at radius 1 is 1.02 bits per heavy atom. The first-order chi connectivity index (χ1) is 19.9. The number of alkyl carbamates (subject to hydrolysis) is 1. The number of nitrogens with zero attached hydrogens (tertiary/aromatic N) is 1. The largest absolute Gasteiger partial charge is 0.447 e. The smallest absolute Gasteiger partial charge is 0.407 e. The fourth-order valence-electron chi connectivity index (χ4n) is 4.15. The number of hydrogen-bond donors (Lipinski definition) is 5. The number of anilines is 1. The van der Waals surface area contributed by atoms with Gasteiger partial charge in [0, 0.05) is 24.6 Å². The predicted octanol–water partition coefficient (Wildman–Crippen LogP) is 1.03. The molecule has 0 spiro atoms. The zero-order valence-corrected chi connectivity index (χ0v) is 24.6. The van der Waals surface area contributed by atoms with Crippen LogP contribution in [0.3, 0.4) is 0 Å². The summed E-state index contributed by atoms with van der Waals surface area (Å²) in [6.45, 7) is 7.42. The molecule has 1 aliphatic heterocycles. The highest BCUT2D eigenvalue weighted by Gasteiger charge is 2.35. The Labute approximate surface area is 245 Å². The van der Waals surface area contributed by atoms with E-state index in [1.807, 2.05) is 19.1 Å². The number of primary amides is 1. The molecule has 0 aliphatic carbocycles. The highest BCUT2D eigenvalue weighted by molar-refractivity contribution is 6.03. The predicted molar refractivity (Wildman–Crippen MR) is 153 cm³/mol. The third-order valence-electron chi connectivity index (χ3n) is 6.53. The monoisotopic (exact) mass is 590 g/mol. The lowest BCUT2D eigenvalue weighted by Crippen LogP contribution is -2.54. The van der Waals surface area contributed by atoms with Crippen molar-refractivity contribution in [1.82, 2.24) is 20.9 Å². The van der Waals surface area contributed by atoms with E-state index in [0.717, 1.165) is 10.5 Å². The first-order valence-electron chi connectivity index (χ1n) is 14.0. The van der Waals surface area contributed by atoms with Crippen LogP contribution < -0.4 is 27.0 Å². The number of ether oxygens (including phenoxy) is 2. The standard InChI is InChI=1S/C28H42N6O8/c1-17(2)23(33-28(40)42-15-14-41-13-12-34-22(35)16-19(4)26(34)38)25(37)32-21(6-5-11-30-27(29)39)24(36)31-20-9-7-18(3)8-10-20/h7-10,17,19,21,23H,5-6,11-16H2,1-4H3,(H,31,36)(H,32,37)(H,33,40)(H3,29,30,39)/t19?,21-,23-/m0/s1. The van der Waals surface area contributed by atoms with E-state index in [4.69, 9.17) is 15.2 Å². The minimum atomic E-state index is -1.01. The van der Waals surface area contributed by atoms with Crippen molar-refractivity contribution in [3.05, 3.63) is 29.8 Å². The second kappa shape index (κ2) is 16.9. The van der Waals surface area contributed by atoms with E-state index in [2.05, 4.69) is 21.3 Å². The fraction of sp³-hybridized carbons (Fsp3) is 0.571. The number of hydrogen-bond acceptors (Lipinski definition) is 8. The maximum Gasteiger partial charge on any atom is 0.407 e. The van der Waals surface area contributed by atoms with Crippen molar-refractivity contribution in [1.29, 1.82) is 0 Å². The van der Waals surface area contributed by atoms with Crippen LogP contribution in [0, 0.1) is 18.8 Å². The van der Waals surface area contributed by atoms with Crippen LogP contribution in [-0.2, 0) is 28.7 Å². The average molecular weight is 591 g/mol. The number of carbonyl (C=O) groups excluding carboxylic acids is 6. The van der Waals surface area contributed by atoms with Gasteiger partial charge in [0.25, 0.3) is 0 Å². The van der Waals surface area contributed by atoms with Gasteiger partial charge < -0.3 is 36.5 Å². The number of rotatable bonds is 16. The SMILES string of the molecule is Cc1ccc(NC(=O)[C@H](CCCNC(N)=O)NC(=O)[C@@H](NC(=O)OCCOCCN2C(=O)CC(C)C2=O)C(C)C)cc1. The minimum absolute atomic E-state index is 0.0261. The quantitative estimate of drug-likeness (QED) is 0.139. The van der Waals surface area contributed by atoms with E-state index >= 15 is 0 Å². The number of imide groups is 1. The number of carbonyl (C=O) groups is 6. The number of aryl methyl sites for hydroxylation is 1. The number of amides is 7. The minimum Gasteiger partial charge on any atom is -0.447 e. The summed E-state index contributed by atoms with van der Waals surface area (Å²) in [7, 11) is 0. The zero-order chi connectivity index (χ0) is 31.2. The number of urea groups is 1. The van der Waals surface area contributed by atoms with Crippen LogP contribution in [0.1, 0.15) is 45.6 Å². The summed E-state index contributed by atoms with van der Waals surface area (Å²) in [5, 5.41) is 10.4. The van der Waals surface area contributed by atoms with Gasteiger partial charge in [0.2, 0.25) is 23.6 Å². The molecule has 42 heavy (non-hydrogen) atoms. The molecule has 7 amide bonds. The Morgan fingerprint density at radius 3 is 2.31 bits per heavy atom. The van der Waals surface area contributed by atoms with Crippen LogP contribution in [0.5, 0.6) is 0 Å². The van der Waals surface area contributed by atoms with E-state index in [0.29, 0.717) is 12.1 Å². The molecule has 14 heteroatoms. The van der Waals surface area contributed by atoms with Crippen molar-refractivity contribution in [2.24, 2.45) is 17.6 Å². The van der Waals surface area contributed by atoms with Gasteiger partial charge in [-0.3, -0.25) is 24.1 Å². The Bertz CT molecular complexity index is 1110. The van der Waals surface area contributed by atoms with Crippen molar-refractivity contribution in [2.45, 2.75) is 59.0 Å². The summed E-state index contributed by atoms with van der Waals surface area (Å²) >= 11 is 0. The molecule has 6 N–H and O–H groups in total. The molecule has 0 aromatic heterocycles. The lowest BCUT2D eigenvalue weighted by atomic mass is 10.0. The molecule has 1 saturated heterocycles. The molecule has 0 radical (unpaired) electrons. The first kappa shape index (κ1) is 34.0. The summed E-state index contributed by atoms with van der Waals surface area (Å²) in [5.74, 6) is -2.17. The van der Waals surface area contributed by atoms with Crippen LogP contribution in [0.15, 0.2) is 24.3 Å². The van der Waals surface area contributed by atoms with Crippen LogP contribution >= 0.6 is 0 Å².